The van der Waals surface area contributed by atoms with Gasteiger partial charge >= 0.3 is 0 Å². The maximum absolute atomic E-state index is 5.70. The average molecular weight is 229 g/mol. The van der Waals surface area contributed by atoms with Gasteiger partial charge in [0, 0.05) is 5.56 Å². The second kappa shape index (κ2) is 4.84. The van der Waals surface area contributed by atoms with E-state index in [0.717, 1.165) is 11.3 Å². The van der Waals surface area contributed by atoms with Crippen molar-refractivity contribution >= 4 is 11.6 Å². The Morgan fingerprint density at radius 1 is 1.47 bits per heavy atom. The molecule has 1 fully saturated rings. The molecular formula is C11H13ClO3. The fraction of sp³-hybridized carbons (Fsp3) is 0.455. The second-order valence-corrected chi connectivity index (χ2v) is 3.63. The summed E-state index contributed by atoms with van der Waals surface area (Å²) in [5.74, 6) is 1.23. The zero-order valence-corrected chi connectivity index (χ0v) is 9.24. The summed E-state index contributed by atoms with van der Waals surface area (Å²) in [6, 6.07) is 7.66. The molecule has 0 aliphatic carbocycles. The fourth-order valence-electron chi connectivity index (χ4n) is 1.55. The highest BCUT2D eigenvalue weighted by Gasteiger charge is 2.28. The van der Waals surface area contributed by atoms with E-state index in [-0.39, 0.29) is 12.4 Å². The zero-order chi connectivity index (χ0) is 10.7. The lowest BCUT2D eigenvalue weighted by molar-refractivity contribution is -0.0579. The van der Waals surface area contributed by atoms with Crippen LogP contribution in [0.3, 0.4) is 0 Å². The van der Waals surface area contributed by atoms with Crippen molar-refractivity contribution in [2.45, 2.75) is 12.4 Å². The number of halogens is 1. The van der Waals surface area contributed by atoms with E-state index >= 15 is 0 Å². The molecule has 1 aliphatic rings. The molecule has 1 heterocycles. The summed E-state index contributed by atoms with van der Waals surface area (Å²) in [6.45, 7) is 0.534. The molecule has 1 aromatic carbocycles. The topological polar surface area (TPSA) is 27.7 Å². The van der Waals surface area contributed by atoms with E-state index in [1.54, 1.807) is 7.11 Å². The minimum atomic E-state index is -0.357. The van der Waals surface area contributed by atoms with Crippen LogP contribution in [0.2, 0.25) is 0 Å². The number of hydrogen-bond donors (Lipinski definition) is 0. The Bertz CT molecular complexity index is 329. The van der Waals surface area contributed by atoms with E-state index < -0.39 is 0 Å². The van der Waals surface area contributed by atoms with Gasteiger partial charge in [-0.1, -0.05) is 18.2 Å². The van der Waals surface area contributed by atoms with Gasteiger partial charge in [-0.05, 0) is 6.07 Å². The van der Waals surface area contributed by atoms with Crippen molar-refractivity contribution < 1.29 is 14.2 Å². The maximum Gasteiger partial charge on any atom is 0.187 e. The summed E-state index contributed by atoms with van der Waals surface area (Å²) < 4.78 is 16.3. The fourth-order valence-corrected chi connectivity index (χ4v) is 1.72. The molecule has 0 bridgehead atoms. The molecule has 82 valence electrons. The predicted octanol–water partition coefficient (Wildman–Crippen LogP) is 2.35. The lowest BCUT2D eigenvalue weighted by Crippen LogP contribution is -2.11. The SMILES string of the molecule is COc1ccccc1[C@@H]1OC[C@@H](CCl)O1. The molecule has 0 unspecified atom stereocenters. The van der Waals surface area contributed by atoms with Gasteiger partial charge in [0.2, 0.25) is 0 Å². The van der Waals surface area contributed by atoms with Crippen molar-refractivity contribution in [3.63, 3.8) is 0 Å². The van der Waals surface area contributed by atoms with Gasteiger partial charge in [-0.25, -0.2) is 0 Å². The normalized spacial score (nSPS) is 25.5. The van der Waals surface area contributed by atoms with Crippen LogP contribution in [0.1, 0.15) is 11.9 Å². The standard InChI is InChI=1S/C11H13ClO3/c1-13-10-5-3-2-4-9(10)11-14-7-8(6-12)15-11/h2-5,8,11H,6-7H2,1H3/t8-,11-/m1/s1. The van der Waals surface area contributed by atoms with Crippen molar-refractivity contribution in [2.75, 3.05) is 19.6 Å². The van der Waals surface area contributed by atoms with Gasteiger partial charge in [-0.3, -0.25) is 0 Å². The summed E-state index contributed by atoms with van der Waals surface area (Å²) in [5.41, 5.74) is 0.910. The van der Waals surface area contributed by atoms with Gasteiger partial charge in [0.05, 0.1) is 25.7 Å². The largest absolute Gasteiger partial charge is 0.496 e. The minimum Gasteiger partial charge on any atom is -0.496 e. The molecule has 1 saturated heterocycles. The Morgan fingerprint density at radius 3 is 2.93 bits per heavy atom. The molecule has 15 heavy (non-hydrogen) atoms. The van der Waals surface area contributed by atoms with Gasteiger partial charge in [0.25, 0.3) is 0 Å². The molecule has 0 saturated carbocycles. The van der Waals surface area contributed by atoms with Crippen LogP contribution in [0.15, 0.2) is 24.3 Å². The zero-order valence-electron chi connectivity index (χ0n) is 8.48. The van der Waals surface area contributed by atoms with Crippen LogP contribution in [0.4, 0.5) is 0 Å². The van der Waals surface area contributed by atoms with E-state index in [2.05, 4.69) is 0 Å². The van der Waals surface area contributed by atoms with Gasteiger partial charge in [-0.2, -0.15) is 0 Å². The lowest BCUT2D eigenvalue weighted by Gasteiger charge is -2.13. The minimum absolute atomic E-state index is 0.0263. The lowest BCUT2D eigenvalue weighted by atomic mass is 10.2. The number of para-hydroxylation sites is 1. The van der Waals surface area contributed by atoms with E-state index in [1.165, 1.54) is 0 Å². The van der Waals surface area contributed by atoms with E-state index in [4.69, 9.17) is 25.8 Å². The third kappa shape index (κ3) is 2.25. The molecule has 0 aromatic heterocycles. The molecule has 2 rings (SSSR count). The number of rotatable bonds is 3. The molecule has 0 spiro atoms. The summed E-state index contributed by atoms with van der Waals surface area (Å²) in [6.07, 6.45) is -0.383. The molecule has 4 heteroatoms. The Morgan fingerprint density at radius 2 is 2.27 bits per heavy atom. The number of benzene rings is 1. The number of alkyl halides is 1. The predicted molar refractivity (Wildman–Crippen MR) is 57.3 cm³/mol. The van der Waals surface area contributed by atoms with Crippen molar-refractivity contribution in [1.29, 1.82) is 0 Å². The monoisotopic (exact) mass is 228 g/mol. The highest BCUT2D eigenvalue weighted by atomic mass is 35.5. The van der Waals surface area contributed by atoms with Crippen LogP contribution in [0, 0.1) is 0 Å². The highest BCUT2D eigenvalue weighted by molar-refractivity contribution is 6.18. The Hall–Kier alpha value is -0.770. The van der Waals surface area contributed by atoms with Crippen LogP contribution in [0.25, 0.3) is 0 Å². The van der Waals surface area contributed by atoms with Crippen LogP contribution < -0.4 is 4.74 Å². The van der Waals surface area contributed by atoms with Crippen molar-refractivity contribution in [3.8, 4) is 5.75 Å². The highest BCUT2D eigenvalue weighted by Crippen LogP contribution is 2.33. The van der Waals surface area contributed by atoms with Crippen LogP contribution >= 0.6 is 11.6 Å². The molecule has 2 atom stereocenters. The second-order valence-electron chi connectivity index (χ2n) is 3.32. The van der Waals surface area contributed by atoms with Crippen molar-refractivity contribution in [1.82, 2.24) is 0 Å². The van der Waals surface area contributed by atoms with Crippen LogP contribution in [0.5, 0.6) is 5.75 Å². The third-order valence-corrected chi connectivity index (χ3v) is 2.66. The van der Waals surface area contributed by atoms with Crippen molar-refractivity contribution in [2.24, 2.45) is 0 Å². The van der Waals surface area contributed by atoms with Gasteiger partial charge in [0.1, 0.15) is 5.75 Å². The molecule has 0 N–H and O–H groups in total. The molecule has 1 aromatic rings. The van der Waals surface area contributed by atoms with Gasteiger partial charge < -0.3 is 14.2 Å². The summed E-state index contributed by atoms with van der Waals surface area (Å²) in [4.78, 5) is 0. The van der Waals surface area contributed by atoms with Gasteiger partial charge in [0.15, 0.2) is 6.29 Å². The number of ether oxygens (including phenoxy) is 3. The Balaban J connectivity index is 2.16. The van der Waals surface area contributed by atoms with Crippen molar-refractivity contribution in [3.05, 3.63) is 29.8 Å². The van der Waals surface area contributed by atoms with E-state index in [1.807, 2.05) is 24.3 Å². The Labute approximate surface area is 93.9 Å². The average Bonchev–Trinajstić information content (AvgIpc) is 2.77. The first-order chi connectivity index (χ1) is 7.35. The number of methoxy groups -OCH3 is 1. The number of hydrogen-bond acceptors (Lipinski definition) is 3. The molecule has 0 radical (unpaired) electrons. The van der Waals surface area contributed by atoms with E-state index in [9.17, 15) is 0 Å². The van der Waals surface area contributed by atoms with Gasteiger partial charge in [-0.15, -0.1) is 11.6 Å². The van der Waals surface area contributed by atoms with Crippen LogP contribution in [-0.2, 0) is 9.47 Å². The Kier molecular flexibility index (Phi) is 3.46. The molecule has 0 amide bonds. The smallest absolute Gasteiger partial charge is 0.187 e. The third-order valence-electron chi connectivity index (χ3n) is 2.31. The van der Waals surface area contributed by atoms with E-state index in [0.29, 0.717) is 12.5 Å². The van der Waals surface area contributed by atoms with Crippen LogP contribution in [-0.4, -0.2) is 25.7 Å². The first-order valence-corrected chi connectivity index (χ1v) is 5.34. The molecular weight excluding hydrogens is 216 g/mol. The summed E-state index contributed by atoms with van der Waals surface area (Å²) in [7, 11) is 1.63. The first kappa shape index (κ1) is 10.7. The molecule has 3 nitrogen and oxygen atoms in total. The first-order valence-electron chi connectivity index (χ1n) is 4.81. The molecule has 1 aliphatic heterocycles. The maximum atomic E-state index is 5.70. The summed E-state index contributed by atoms with van der Waals surface area (Å²) in [5, 5.41) is 0. The quantitative estimate of drug-likeness (QED) is 0.744. The summed E-state index contributed by atoms with van der Waals surface area (Å²) >= 11 is 5.70.